The maximum atomic E-state index is 5.66. The molecule has 0 saturated carbocycles. The smallest absolute Gasteiger partial charge is 0.213 e. The molecule has 0 atom stereocenters. The van der Waals surface area contributed by atoms with Gasteiger partial charge in [0.2, 0.25) is 5.88 Å². The molecule has 1 aromatic rings. The van der Waals surface area contributed by atoms with Crippen LogP contribution in [0.15, 0.2) is 12.1 Å². The fraction of sp³-hybridized carbons (Fsp3) is 0.615. The van der Waals surface area contributed by atoms with Crippen LogP contribution in [0.1, 0.15) is 37.4 Å². The van der Waals surface area contributed by atoms with Gasteiger partial charge in [0.15, 0.2) is 0 Å². The quantitative estimate of drug-likeness (QED) is 0.739. The third-order valence-corrected chi connectivity index (χ3v) is 2.45. The van der Waals surface area contributed by atoms with E-state index in [0.29, 0.717) is 31.6 Å². The van der Waals surface area contributed by atoms with Crippen molar-refractivity contribution in [3.05, 3.63) is 23.4 Å². The molecule has 0 aliphatic heterocycles. The zero-order valence-electron chi connectivity index (χ0n) is 10.9. The van der Waals surface area contributed by atoms with Crippen molar-refractivity contribution in [3.63, 3.8) is 0 Å². The first-order valence-corrected chi connectivity index (χ1v) is 6.00. The van der Waals surface area contributed by atoms with E-state index in [1.807, 2.05) is 12.1 Å². The molecular formula is C13H22N2O2. The Bertz CT molecular complexity index is 340. The summed E-state index contributed by atoms with van der Waals surface area (Å²) in [5, 5.41) is 0. The van der Waals surface area contributed by atoms with Gasteiger partial charge >= 0.3 is 0 Å². The normalized spacial score (nSPS) is 10.9. The van der Waals surface area contributed by atoms with E-state index >= 15 is 0 Å². The lowest BCUT2D eigenvalue weighted by molar-refractivity contribution is 0.170. The van der Waals surface area contributed by atoms with Crippen molar-refractivity contribution in [1.29, 1.82) is 0 Å². The largest absolute Gasteiger partial charge is 0.478 e. The van der Waals surface area contributed by atoms with Crippen molar-refractivity contribution in [1.82, 2.24) is 4.98 Å². The molecule has 0 unspecified atom stereocenters. The predicted octanol–water partition coefficient (Wildman–Crippen LogP) is 2.08. The summed E-state index contributed by atoms with van der Waals surface area (Å²) < 4.78 is 10.6. The van der Waals surface area contributed by atoms with E-state index in [2.05, 4.69) is 18.8 Å². The van der Waals surface area contributed by atoms with E-state index < -0.39 is 0 Å². The van der Waals surface area contributed by atoms with Crippen molar-refractivity contribution in [3.8, 4) is 5.88 Å². The molecule has 1 rings (SSSR count). The number of methoxy groups -OCH3 is 1. The topological polar surface area (TPSA) is 57.4 Å². The fourth-order valence-corrected chi connectivity index (χ4v) is 1.45. The van der Waals surface area contributed by atoms with Crippen LogP contribution in [0, 0.1) is 0 Å². The Labute approximate surface area is 103 Å². The van der Waals surface area contributed by atoms with Gasteiger partial charge in [-0.15, -0.1) is 0 Å². The summed E-state index contributed by atoms with van der Waals surface area (Å²) in [7, 11) is 1.68. The monoisotopic (exact) mass is 238 g/mol. The molecule has 1 heterocycles. The summed E-state index contributed by atoms with van der Waals surface area (Å²) in [5.41, 5.74) is 7.74. The Morgan fingerprint density at radius 3 is 2.65 bits per heavy atom. The van der Waals surface area contributed by atoms with Crippen molar-refractivity contribution in [2.45, 2.75) is 32.7 Å². The summed E-state index contributed by atoms with van der Waals surface area (Å²) in [6.45, 7) is 6.05. The number of pyridine rings is 1. The van der Waals surface area contributed by atoms with Crippen molar-refractivity contribution >= 4 is 0 Å². The zero-order chi connectivity index (χ0) is 12.7. The van der Waals surface area contributed by atoms with Gasteiger partial charge in [-0.2, -0.15) is 0 Å². The molecule has 2 N–H and O–H groups in total. The molecule has 0 aromatic carbocycles. The average molecular weight is 238 g/mol. The van der Waals surface area contributed by atoms with Crippen LogP contribution < -0.4 is 10.5 Å². The number of nitrogens with zero attached hydrogens (tertiary/aromatic N) is 1. The maximum Gasteiger partial charge on any atom is 0.213 e. The molecule has 0 fully saturated rings. The van der Waals surface area contributed by atoms with E-state index in [-0.39, 0.29) is 0 Å². The van der Waals surface area contributed by atoms with Gasteiger partial charge in [0.05, 0.1) is 6.61 Å². The maximum absolute atomic E-state index is 5.66. The van der Waals surface area contributed by atoms with Crippen LogP contribution in [0.3, 0.4) is 0 Å². The minimum Gasteiger partial charge on any atom is -0.478 e. The van der Waals surface area contributed by atoms with Crippen LogP contribution in [0.4, 0.5) is 0 Å². The molecule has 0 saturated heterocycles. The molecule has 1 aromatic heterocycles. The highest BCUT2D eigenvalue weighted by Gasteiger charge is 2.06. The predicted molar refractivity (Wildman–Crippen MR) is 68.2 cm³/mol. The molecule has 4 nitrogen and oxygen atoms in total. The van der Waals surface area contributed by atoms with Crippen molar-refractivity contribution in [2.75, 3.05) is 20.3 Å². The van der Waals surface area contributed by atoms with Crippen molar-refractivity contribution < 1.29 is 9.47 Å². The number of hydrogen-bond acceptors (Lipinski definition) is 4. The van der Waals surface area contributed by atoms with Gasteiger partial charge in [-0.05, 0) is 17.5 Å². The Kier molecular flexibility index (Phi) is 5.94. The number of hydrogen-bond donors (Lipinski definition) is 1. The second-order valence-corrected chi connectivity index (χ2v) is 4.29. The first kappa shape index (κ1) is 13.9. The van der Waals surface area contributed by atoms with E-state index in [1.165, 1.54) is 0 Å². The van der Waals surface area contributed by atoms with Gasteiger partial charge in [-0.3, -0.25) is 0 Å². The summed E-state index contributed by atoms with van der Waals surface area (Å²) in [6.07, 6.45) is 0.863. The summed E-state index contributed by atoms with van der Waals surface area (Å²) in [5.74, 6) is 1.04. The first-order chi connectivity index (χ1) is 8.17. The summed E-state index contributed by atoms with van der Waals surface area (Å²) in [6, 6.07) is 3.94. The standard InChI is InChI=1S/C13H22N2O2/c1-10(2)12-7-11(9-14)8-13(15-12)17-6-4-5-16-3/h7-8,10H,4-6,9,14H2,1-3H3. The molecule has 0 aliphatic rings. The highest BCUT2D eigenvalue weighted by molar-refractivity contribution is 5.26. The lowest BCUT2D eigenvalue weighted by Crippen LogP contribution is -2.06. The van der Waals surface area contributed by atoms with Gasteiger partial charge in [0.1, 0.15) is 0 Å². The van der Waals surface area contributed by atoms with E-state index in [1.54, 1.807) is 7.11 Å². The first-order valence-electron chi connectivity index (χ1n) is 6.00. The average Bonchev–Trinajstić information content (AvgIpc) is 2.34. The van der Waals surface area contributed by atoms with E-state index in [4.69, 9.17) is 15.2 Å². The summed E-state index contributed by atoms with van der Waals surface area (Å²) in [4.78, 5) is 4.46. The van der Waals surface area contributed by atoms with Crippen molar-refractivity contribution in [2.24, 2.45) is 5.73 Å². The Morgan fingerprint density at radius 1 is 1.29 bits per heavy atom. The van der Waals surface area contributed by atoms with Gasteiger partial charge in [0.25, 0.3) is 0 Å². The van der Waals surface area contributed by atoms with Gasteiger partial charge in [0, 0.05) is 38.4 Å². The molecule has 0 bridgehead atoms. The van der Waals surface area contributed by atoms with Crippen LogP contribution in [0.25, 0.3) is 0 Å². The van der Waals surface area contributed by atoms with Gasteiger partial charge in [-0.25, -0.2) is 4.98 Å². The van der Waals surface area contributed by atoms with Crippen LogP contribution in [-0.4, -0.2) is 25.3 Å². The van der Waals surface area contributed by atoms with E-state index in [9.17, 15) is 0 Å². The third kappa shape index (κ3) is 4.71. The van der Waals surface area contributed by atoms with Crippen LogP contribution in [-0.2, 0) is 11.3 Å². The molecule has 0 amide bonds. The van der Waals surface area contributed by atoms with Crippen LogP contribution in [0.5, 0.6) is 5.88 Å². The molecule has 96 valence electrons. The Balaban J connectivity index is 2.66. The third-order valence-electron chi connectivity index (χ3n) is 2.45. The minimum absolute atomic E-state index is 0.378. The fourth-order valence-electron chi connectivity index (χ4n) is 1.45. The SMILES string of the molecule is COCCCOc1cc(CN)cc(C(C)C)n1. The number of aromatic nitrogens is 1. The number of nitrogens with two attached hydrogens (primary N) is 1. The Morgan fingerprint density at radius 2 is 2.06 bits per heavy atom. The Hall–Kier alpha value is -1.13. The summed E-state index contributed by atoms with van der Waals surface area (Å²) >= 11 is 0. The van der Waals surface area contributed by atoms with Crippen LogP contribution in [0.2, 0.25) is 0 Å². The molecule has 4 heteroatoms. The molecule has 17 heavy (non-hydrogen) atoms. The number of ether oxygens (including phenoxy) is 2. The van der Waals surface area contributed by atoms with Gasteiger partial charge < -0.3 is 15.2 Å². The van der Waals surface area contributed by atoms with Gasteiger partial charge in [-0.1, -0.05) is 13.8 Å². The lowest BCUT2D eigenvalue weighted by Gasteiger charge is -2.11. The van der Waals surface area contributed by atoms with Crippen LogP contribution >= 0.6 is 0 Å². The second kappa shape index (κ2) is 7.25. The number of rotatable bonds is 7. The lowest BCUT2D eigenvalue weighted by atomic mass is 10.1. The molecule has 0 radical (unpaired) electrons. The zero-order valence-corrected chi connectivity index (χ0v) is 10.9. The highest BCUT2D eigenvalue weighted by Crippen LogP contribution is 2.18. The second-order valence-electron chi connectivity index (χ2n) is 4.29. The minimum atomic E-state index is 0.378. The van der Waals surface area contributed by atoms with E-state index in [0.717, 1.165) is 17.7 Å². The highest BCUT2D eigenvalue weighted by atomic mass is 16.5. The molecule has 0 aliphatic carbocycles. The molecular weight excluding hydrogens is 216 g/mol. The molecule has 0 spiro atoms.